The first-order chi connectivity index (χ1) is 16.4. The Morgan fingerprint density at radius 1 is 1.15 bits per heavy atom. The first-order valence-electron chi connectivity index (χ1n) is 12.1. The Morgan fingerprint density at radius 3 is 2.62 bits per heavy atom. The van der Waals surface area contributed by atoms with Crippen molar-refractivity contribution in [3.8, 4) is 0 Å². The van der Waals surface area contributed by atoms with Crippen molar-refractivity contribution in [3.63, 3.8) is 0 Å². The molecule has 1 N–H and O–H groups in total. The highest BCUT2D eigenvalue weighted by molar-refractivity contribution is 5.97. The third-order valence-corrected chi connectivity index (χ3v) is 7.18. The molecule has 3 aromatic rings. The number of amides is 1. The minimum absolute atomic E-state index is 0.120. The highest BCUT2D eigenvalue weighted by Crippen LogP contribution is 2.19. The number of ether oxygens (including phenoxy) is 1. The number of carbonyl (C=O) groups excluding carboxylic acids is 1. The maximum atomic E-state index is 13.5. The number of hydrogen-bond donors (Lipinski definition) is 1. The Kier molecular flexibility index (Phi) is 6.22. The molecule has 0 radical (unpaired) electrons. The lowest BCUT2D eigenvalue weighted by molar-refractivity contribution is 0.0363. The predicted molar refractivity (Wildman–Crippen MR) is 129 cm³/mol. The van der Waals surface area contributed by atoms with Crippen LogP contribution in [-0.4, -0.2) is 75.6 Å². The zero-order chi connectivity index (χ0) is 23.8. The number of aryl methyl sites for hydroxylation is 1. The van der Waals surface area contributed by atoms with Gasteiger partial charge in [-0.1, -0.05) is 13.0 Å². The van der Waals surface area contributed by atoms with Crippen LogP contribution in [-0.2, 0) is 11.3 Å². The van der Waals surface area contributed by atoms with Gasteiger partial charge in [0, 0.05) is 45.5 Å². The maximum absolute atomic E-state index is 13.5. The number of nitrogens with one attached hydrogen (secondary N) is 1. The first-order valence-corrected chi connectivity index (χ1v) is 12.1. The molecule has 34 heavy (non-hydrogen) atoms. The van der Waals surface area contributed by atoms with Gasteiger partial charge in [0.25, 0.3) is 11.5 Å². The van der Waals surface area contributed by atoms with Crippen LogP contribution < -0.4 is 11.0 Å². The molecule has 180 valence electrons. The zero-order valence-corrected chi connectivity index (χ0v) is 19.9. The predicted octanol–water partition coefficient (Wildman–Crippen LogP) is 1.64. The summed E-state index contributed by atoms with van der Waals surface area (Å²) in [5, 5.41) is 9.36. The third kappa shape index (κ3) is 4.14. The molecule has 0 bridgehead atoms. The summed E-state index contributed by atoms with van der Waals surface area (Å²) in [6.45, 7) is 9.69. The van der Waals surface area contributed by atoms with Crippen molar-refractivity contribution in [2.45, 2.75) is 33.2 Å². The molecule has 1 amide bonds. The molecule has 9 heteroatoms. The van der Waals surface area contributed by atoms with Gasteiger partial charge in [0.05, 0.1) is 24.2 Å². The lowest BCUT2D eigenvalue weighted by atomic mass is 9.98. The summed E-state index contributed by atoms with van der Waals surface area (Å²) in [6, 6.07) is 5.33. The molecule has 3 aromatic heterocycles. The Morgan fingerprint density at radius 2 is 1.88 bits per heavy atom. The number of fused-ring (bicyclic) bond motifs is 2. The Balaban J connectivity index is 1.65. The van der Waals surface area contributed by atoms with Gasteiger partial charge in [-0.05, 0) is 43.4 Å². The van der Waals surface area contributed by atoms with Crippen LogP contribution in [0.4, 0.5) is 0 Å². The van der Waals surface area contributed by atoms with E-state index in [-0.39, 0.29) is 22.5 Å². The number of aromatic nitrogens is 3. The van der Waals surface area contributed by atoms with Gasteiger partial charge in [-0.15, -0.1) is 0 Å². The van der Waals surface area contributed by atoms with Crippen LogP contribution in [0.1, 0.15) is 35.7 Å². The van der Waals surface area contributed by atoms with Crippen LogP contribution in [0.15, 0.2) is 29.2 Å². The van der Waals surface area contributed by atoms with Gasteiger partial charge >= 0.3 is 0 Å². The van der Waals surface area contributed by atoms with Gasteiger partial charge < -0.3 is 14.2 Å². The van der Waals surface area contributed by atoms with Gasteiger partial charge in [-0.2, -0.15) is 0 Å². The second-order valence-electron chi connectivity index (χ2n) is 9.53. The average molecular weight is 465 g/mol. The van der Waals surface area contributed by atoms with Crippen molar-refractivity contribution in [1.29, 1.82) is 5.41 Å². The lowest BCUT2D eigenvalue weighted by Crippen LogP contribution is -2.43. The number of rotatable bonds is 4. The SMILES string of the molecule is Cc1cccn2c(=O)c3cc(C(=O)N4CCC(C)CC4)c(=N)n(CCN4CCOCC4)c3nc12. The van der Waals surface area contributed by atoms with E-state index in [1.54, 1.807) is 16.8 Å². The van der Waals surface area contributed by atoms with E-state index in [1.807, 2.05) is 24.0 Å². The molecule has 0 unspecified atom stereocenters. The largest absolute Gasteiger partial charge is 0.379 e. The Bertz CT molecular complexity index is 1350. The summed E-state index contributed by atoms with van der Waals surface area (Å²) in [7, 11) is 0. The minimum atomic E-state index is -0.217. The molecule has 9 nitrogen and oxygen atoms in total. The molecule has 0 spiro atoms. The fourth-order valence-corrected chi connectivity index (χ4v) is 4.93. The van der Waals surface area contributed by atoms with Crippen molar-refractivity contribution in [2.24, 2.45) is 5.92 Å². The van der Waals surface area contributed by atoms with E-state index < -0.39 is 0 Å². The smallest absolute Gasteiger partial charge is 0.267 e. The summed E-state index contributed by atoms with van der Waals surface area (Å²) in [5.74, 6) is 0.422. The van der Waals surface area contributed by atoms with Crippen LogP contribution in [0.5, 0.6) is 0 Å². The molecular weight excluding hydrogens is 432 g/mol. The summed E-state index contributed by atoms with van der Waals surface area (Å²) >= 11 is 0. The molecule has 2 aliphatic heterocycles. The molecule has 2 fully saturated rings. The molecule has 5 rings (SSSR count). The molecule has 5 heterocycles. The molecule has 0 saturated carbocycles. The van der Waals surface area contributed by atoms with Crippen LogP contribution >= 0.6 is 0 Å². The first kappa shape index (κ1) is 22.7. The topological polar surface area (TPSA) is 95.9 Å². The van der Waals surface area contributed by atoms with Crippen LogP contribution in [0.3, 0.4) is 0 Å². The number of likely N-dealkylation sites (tertiary alicyclic amines) is 1. The van der Waals surface area contributed by atoms with E-state index in [1.165, 1.54) is 4.40 Å². The zero-order valence-electron chi connectivity index (χ0n) is 19.9. The summed E-state index contributed by atoms with van der Waals surface area (Å²) < 4.78 is 8.74. The minimum Gasteiger partial charge on any atom is -0.379 e. The molecule has 0 atom stereocenters. The van der Waals surface area contributed by atoms with Crippen LogP contribution in [0, 0.1) is 18.3 Å². The number of piperidine rings is 1. The Hall–Kier alpha value is -3.04. The van der Waals surface area contributed by atoms with Gasteiger partial charge in [-0.25, -0.2) is 4.98 Å². The average Bonchev–Trinajstić information content (AvgIpc) is 2.85. The number of hydrogen-bond acceptors (Lipinski definition) is 6. The highest BCUT2D eigenvalue weighted by atomic mass is 16.5. The van der Waals surface area contributed by atoms with E-state index in [0.717, 1.165) is 31.5 Å². The van der Waals surface area contributed by atoms with E-state index in [0.29, 0.717) is 62.0 Å². The van der Waals surface area contributed by atoms with Crippen molar-refractivity contribution >= 4 is 22.6 Å². The van der Waals surface area contributed by atoms with Crippen molar-refractivity contribution in [2.75, 3.05) is 45.9 Å². The molecule has 2 aliphatic rings. The summed E-state index contributed by atoms with van der Waals surface area (Å²) in [6.07, 6.45) is 3.62. The second kappa shape index (κ2) is 9.31. The number of morpholine rings is 1. The van der Waals surface area contributed by atoms with Crippen molar-refractivity contribution < 1.29 is 9.53 Å². The quantitative estimate of drug-likeness (QED) is 0.593. The number of pyridine rings is 2. The summed E-state index contributed by atoms with van der Waals surface area (Å²) in [5.41, 5.74) is 2.09. The molecular formula is C25H32N6O3. The maximum Gasteiger partial charge on any atom is 0.267 e. The standard InChI is InChI=1S/C25H32N6O3/c1-17-5-8-29(9-6-17)24(32)19-16-20-23(27-22-18(2)4-3-7-31(22)25(20)33)30(21(19)26)11-10-28-12-14-34-15-13-28/h3-4,7,16-17,26H,5-6,8-15H2,1-2H3. The van der Waals surface area contributed by atoms with E-state index >= 15 is 0 Å². The van der Waals surface area contributed by atoms with E-state index in [2.05, 4.69) is 11.8 Å². The normalized spacial score (nSPS) is 18.1. The number of carbonyl (C=O) groups is 1. The van der Waals surface area contributed by atoms with Crippen molar-refractivity contribution in [3.05, 3.63) is 51.4 Å². The monoisotopic (exact) mass is 464 g/mol. The fourth-order valence-electron chi connectivity index (χ4n) is 4.93. The van der Waals surface area contributed by atoms with Gasteiger partial charge in [0.15, 0.2) is 0 Å². The van der Waals surface area contributed by atoms with E-state index in [9.17, 15) is 9.59 Å². The van der Waals surface area contributed by atoms with Crippen molar-refractivity contribution in [1.82, 2.24) is 23.8 Å². The van der Waals surface area contributed by atoms with Crippen LogP contribution in [0.2, 0.25) is 0 Å². The molecule has 2 saturated heterocycles. The second-order valence-corrected chi connectivity index (χ2v) is 9.53. The Labute approximate surface area is 198 Å². The van der Waals surface area contributed by atoms with Crippen LogP contribution in [0.25, 0.3) is 16.7 Å². The number of nitrogens with zero attached hydrogens (tertiary/aromatic N) is 5. The fraction of sp³-hybridized carbons (Fsp3) is 0.520. The van der Waals surface area contributed by atoms with E-state index in [4.69, 9.17) is 15.1 Å². The van der Waals surface area contributed by atoms with Gasteiger partial charge in [0.1, 0.15) is 16.8 Å². The third-order valence-electron chi connectivity index (χ3n) is 7.18. The lowest BCUT2D eigenvalue weighted by Gasteiger charge is -2.30. The summed E-state index contributed by atoms with van der Waals surface area (Å²) in [4.78, 5) is 35.9. The van der Waals surface area contributed by atoms with Gasteiger partial charge in [0.2, 0.25) is 0 Å². The van der Waals surface area contributed by atoms with Gasteiger partial charge in [-0.3, -0.25) is 24.3 Å². The highest BCUT2D eigenvalue weighted by Gasteiger charge is 2.25. The molecule has 0 aromatic carbocycles. The molecule has 0 aliphatic carbocycles.